The molecule has 0 radical (unpaired) electrons. The third-order valence-corrected chi connectivity index (χ3v) is 9.29. The van der Waals surface area contributed by atoms with Crippen molar-refractivity contribution in [3.63, 3.8) is 0 Å². The van der Waals surface area contributed by atoms with Crippen LogP contribution in [0.5, 0.6) is 0 Å². The lowest BCUT2D eigenvalue weighted by Gasteiger charge is -2.44. The maximum Gasteiger partial charge on any atom is 0.306 e. The van der Waals surface area contributed by atoms with Gasteiger partial charge in [0, 0.05) is 25.1 Å². The first-order valence-electron chi connectivity index (χ1n) is 13.8. The Labute approximate surface area is 227 Å². The number of fused-ring (bicyclic) bond motifs is 1. The Bertz CT molecular complexity index is 1370. The molecule has 0 spiro atoms. The van der Waals surface area contributed by atoms with Crippen LogP contribution in [-0.2, 0) is 22.4 Å². The van der Waals surface area contributed by atoms with Gasteiger partial charge in [-0.15, -0.1) is 0 Å². The third kappa shape index (κ3) is 4.29. The Morgan fingerprint density at radius 1 is 1.13 bits per heavy atom. The average molecular weight is 536 g/mol. The molecule has 1 aliphatic heterocycles. The zero-order chi connectivity index (χ0) is 26.8. The molecule has 1 saturated carbocycles. The summed E-state index contributed by atoms with van der Waals surface area (Å²) < 4.78 is 1.52. The minimum Gasteiger partial charge on any atom is -0.481 e. The molecule has 8 heteroatoms. The average Bonchev–Trinajstić information content (AvgIpc) is 3.67. The summed E-state index contributed by atoms with van der Waals surface area (Å²) in [6.45, 7) is 5.74. The number of halogens is 1. The molecular weight excluding hydrogens is 502 g/mol. The number of allylic oxidation sites excluding steroid dienone is 2. The van der Waals surface area contributed by atoms with Gasteiger partial charge >= 0.3 is 5.97 Å². The Balaban J connectivity index is 1.42. The van der Waals surface area contributed by atoms with E-state index in [4.69, 9.17) is 16.7 Å². The summed E-state index contributed by atoms with van der Waals surface area (Å²) in [7, 11) is 0. The van der Waals surface area contributed by atoms with Gasteiger partial charge in [0.25, 0.3) is 5.91 Å². The van der Waals surface area contributed by atoms with E-state index in [0.29, 0.717) is 60.9 Å². The van der Waals surface area contributed by atoms with Crippen LogP contribution in [0, 0.1) is 17.3 Å². The van der Waals surface area contributed by atoms with Crippen molar-refractivity contribution in [2.45, 2.75) is 71.1 Å². The van der Waals surface area contributed by atoms with Crippen molar-refractivity contribution in [2.75, 3.05) is 13.1 Å². The van der Waals surface area contributed by atoms with E-state index < -0.39 is 11.4 Å². The van der Waals surface area contributed by atoms with E-state index in [1.165, 1.54) is 4.68 Å². The van der Waals surface area contributed by atoms with Crippen molar-refractivity contribution in [3.8, 4) is 0 Å². The molecule has 1 aromatic carbocycles. The van der Waals surface area contributed by atoms with Crippen LogP contribution in [0.3, 0.4) is 0 Å². The second-order valence-corrected chi connectivity index (χ2v) is 12.5. The third-order valence-electron chi connectivity index (χ3n) is 8.98. The van der Waals surface area contributed by atoms with E-state index in [9.17, 15) is 19.5 Å². The number of carboxylic acids is 1. The van der Waals surface area contributed by atoms with Gasteiger partial charge in [-0.3, -0.25) is 14.4 Å². The van der Waals surface area contributed by atoms with Gasteiger partial charge in [0.2, 0.25) is 5.91 Å². The van der Waals surface area contributed by atoms with E-state index in [1.54, 1.807) is 6.07 Å². The van der Waals surface area contributed by atoms with Gasteiger partial charge in [0.15, 0.2) is 0 Å². The van der Waals surface area contributed by atoms with Crippen LogP contribution >= 0.6 is 11.6 Å². The molecule has 1 saturated heterocycles. The largest absolute Gasteiger partial charge is 0.481 e. The van der Waals surface area contributed by atoms with Gasteiger partial charge in [-0.1, -0.05) is 43.7 Å². The molecule has 1 amide bonds. The fourth-order valence-electron chi connectivity index (χ4n) is 6.52. The molecule has 2 aromatic rings. The minimum absolute atomic E-state index is 0.153. The van der Waals surface area contributed by atoms with E-state index in [0.717, 1.165) is 54.0 Å². The van der Waals surface area contributed by atoms with Crippen molar-refractivity contribution < 1.29 is 19.5 Å². The first-order valence-corrected chi connectivity index (χ1v) is 14.2. The normalized spacial score (nSPS) is 25.4. The van der Waals surface area contributed by atoms with Crippen molar-refractivity contribution in [1.29, 1.82) is 0 Å². The Hall–Kier alpha value is -2.93. The topological polar surface area (TPSA) is 92.5 Å². The summed E-state index contributed by atoms with van der Waals surface area (Å²) >= 11 is 6.63. The van der Waals surface area contributed by atoms with Gasteiger partial charge in [-0.05, 0) is 74.0 Å². The second kappa shape index (κ2) is 9.37. The number of aliphatic carboxylic acids is 1. The lowest BCUT2D eigenvalue weighted by molar-refractivity contribution is -0.148. The molecule has 2 fully saturated rings. The molecule has 2 unspecified atom stereocenters. The maximum absolute atomic E-state index is 14.2. The Morgan fingerprint density at radius 2 is 1.89 bits per heavy atom. The van der Waals surface area contributed by atoms with Gasteiger partial charge < -0.3 is 10.0 Å². The molecule has 1 N–H and O–H groups in total. The van der Waals surface area contributed by atoms with Gasteiger partial charge in [0.1, 0.15) is 0 Å². The predicted octanol–water partition coefficient (Wildman–Crippen LogP) is 5.34. The number of carboxylic acid groups (broad SMARTS) is 1. The van der Waals surface area contributed by atoms with Crippen molar-refractivity contribution in [1.82, 2.24) is 14.7 Å². The van der Waals surface area contributed by atoms with Crippen LogP contribution < -0.4 is 0 Å². The summed E-state index contributed by atoms with van der Waals surface area (Å²) in [6, 6.07) is 5.64. The fraction of sp³-hybridized carbons (Fsp3) is 0.533. The van der Waals surface area contributed by atoms with Crippen LogP contribution in [0.2, 0.25) is 5.02 Å². The van der Waals surface area contributed by atoms with E-state index >= 15 is 0 Å². The van der Waals surface area contributed by atoms with Crippen molar-refractivity contribution >= 4 is 35.0 Å². The fourth-order valence-corrected chi connectivity index (χ4v) is 6.79. The smallest absolute Gasteiger partial charge is 0.306 e. The first-order chi connectivity index (χ1) is 18.2. The quantitative estimate of drug-likeness (QED) is 0.557. The number of aromatic nitrogens is 2. The number of rotatable bonds is 5. The first kappa shape index (κ1) is 25.4. The highest BCUT2D eigenvalue weighted by molar-refractivity contribution is 6.34. The maximum atomic E-state index is 14.2. The molecule has 4 aliphatic rings. The van der Waals surface area contributed by atoms with Crippen LogP contribution in [0.25, 0.3) is 5.57 Å². The number of hydrogen-bond donors (Lipinski definition) is 1. The standard InChI is InChI=1S/C30H34ClN3O4/c1-17-15-33(16-17)29(38)30(2)13-12-22-24(14-30)34(32-26(22)19-8-10-20(11-9-19)28(36)37)27(35)25-21(18-6-7-18)4-3-5-23(25)31/h3-5,8,17-18,20H,6-7,9-16H2,1-2H3,(H,36,37). The summed E-state index contributed by atoms with van der Waals surface area (Å²) in [5.74, 6) is -0.386. The number of hydrogen-bond acceptors (Lipinski definition) is 4. The highest BCUT2D eigenvalue weighted by atomic mass is 35.5. The molecule has 0 bridgehead atoms. The monoisotopic (exact) mass is 535 g/mol. The van der Waals surface area contributed by atoms with Crippen LogP contribution in [0.15, 0.2) is 24.3 Å². The second-order valence-electron chi connectivity index (χ2n) is 12.1. The highest BCUT2D eigenvalue weighted by Gasteiger charge is 2.45. The molecule has 6 rings (SSSR count). The number of likely N-dealkylation sites (tertiary alicyclic amines) is 1. The molecule has 200 valence electrons. The van der Waals surface area contributed by atoms with Crippen LogP contribution in [0.4, 0.5) is 0 Å². The molecule has 2 heterocycles. The number of carbonyl (C=O) groups is 3. The zero-order valence-corrected chi connectivity index (χ0v) is 22.8. The molecule has 38 heavy (non-hydrogen) atoms. The Morgan fingerprint density at radius 3 is 2.53 bits per heavy atom. The summed E-state index contributed by atoms with van der Waals surface area (Å²) in [5, 5.41) is 14.8. The molecule has 3 aliphatic carbocycles. The number of nitrogens with zero attached hydrogens (tertiary/aromatic N) is 3. The predicted molar refractivity (Wildman–Crippen MR) is 144 cm³/mol. The molecule has 1 aromatic heterocycles. The Kier molecular flexibility index (Phi) is 6.25. The SMILES string of the molecule is CC1CN(C(=O)C2(C)CCc3c(C4=CCC(C(=O)O)CC4)nn(C(=O)c4c(Cl)cccc4C4CC4)c3C2)C1. The van der Waals surface area contributed by atoms with Gasteiger partial charge in [0.05, 0.1) is 33.3 Å². The minimum atomic E-state index is -0.774. The van der Waals surface area contributed by atoms with Crippen molar-refractivity contribution in [3.05, 3.63) is 57.4 Å². The van der Waals surface area contributed by atoms with E-state index in [1.807, 2.05) is 30.0 Å². The lowest BCUT2D eigenvalue weighted by Crippen LogP contribution is -2.55. The van der Waals surface area contributed by atoms with E-state index in [2.05, 4.69) is 6.92 Å². The molecule has 2 atom stereocenters. The van der Waals surface area contributed by atoms with Crippen molar-refractivity contribution in [2.24, 2.45) is 17.3 Å². The summed E-state index contributed by atoms with van der Waals surface area (Å²) in [6.07, 6.45) is 7.47. The van der Waals surface area contributed by atoms with Gasteiger partial charge in [-0.2, -0.15) is 9.78 Å². The summed E-state index contributed by atoms with van der Waals surface area (Å²) in [5.41, 5.74) is 4.47. The number of carbonyl (C=O) groups excluding carboxylic acids is 2. The van der Waals surface area contributed by atoms with Crippen LogP contribution in [0.1, 0.15) is 91.2 Å². The number of amides is 1. The molecular formula is C30H34ClN3O4. The zero-order valence-electron chi connectivity index (χ0n) is 22.0. The summed E-state index contributed by atoms with van der Waals surface area (Å²) in [4.78, 5) is 41.2. The highest BCUT2D eigenvalue weighted by Crippen LogP contribution is 2.45. The lowest BCUT2D eigenvalue weighted by atomic mass is 9.72. The van der Waals surface area contributed by atoms with Crippen LogP contribution in [-0.4, -0.2) is 50.7 Å². The van der Waals surface area contributed by atoms with E-state index in [-0.39, 0.29) is 17.7 Å². The number of benzene rings is 1. The molecule has 7 nitrogen and oxygen atoms in total. The van der Waals surface area contributed by atoms with Gasteiger partial charge in [-0.25, -0.2) is 0 Å².